The molecule has 0 aliphatic heterocycles. The maximum atomic E-state index is 2.44. The second kappa shape index (κ2) is 10.5. The lowest BCUT2D eigenvalue weighted by molar-refractivity contribution is 0.660. The average molecular weight is 649 g/mol. The molecule has 240 valence electrons. The first kappa shape index (κ1) is 28.8. The average Bonchev–Trinajstić information content (AvgIpc) is 3.63. The molecule has 0 spiro atoms. The van der Waals surface area contributed by atoms with Crippen LogP contribution in [0, 0.1) is 0 Å². The SMILES string of the molecule is CC1(C)c2ccccc2-c2ccc(-c3ccc(-c4ccc5cc(-c6ccc7c8c(cccc68)C6C=CC=CC76)ccc5c4)c4ccccc34)cc21. The molecule has 0 N–H and O–H groups in total. The second-order valence-electron chi connectivity index (χ2n) is 15.2. The Labute approximate surface area is 299 Å². The Morgan fingerprint density at radius 1 is 0.392 bits per heavy atom. The van der Waals surface area contributed by atoms with Crippen molar-refractivity contribution in [2.75, 3.05) is 0 Å². The van der Waals surface area contributed by atoms with Gasteiger partial charge in [-0.2, -0.15) is 0 Å². The Hall–Kier alpha value is -5.98. The van der Waals surface area contributed by atoms with Crippen LogP contribution < -0.4 is 0 Å². The molecule has 51 heavy (non-hydrogen) atoms. The predicted octanol–water partition coefficient (Wildman–Crippen LogP) is 13.8. The zero-order chi connectivity index (χ0) is 33.8. The summed E-state index contributed by atoms with van der Waals surface area (Å²) in [7, 11) is 0. The number of hydrogen-bond donors (Lipinski definition) is 0. The fraction of sp³-hybridized carbons (Fsp3) is 0.0980. The van der Waals surface area contributed by atoms with E-state index in [4.69, 9.17) is 0 Å². The van der Waals surface area contributed by atoms with Crippen LogP contribution in [0.2, 0.25) is 0 Å². The van der Waals surface area contributed by atoms with E-state index in [1.807, 2.05) is 0 Å². The van der Waals surface area contributed by atoms with Crippen molar-refractivity contribution in [1.82, 2.24) is 0 Å². The minimum atomic E-state index is -0.0232. The normalized spacial score (nSPS) is 17.6. The minimum Gasteiger partial charge on any atom is -0.0761 e. The van der Waals surface area contributed by atoms with Crippen molar-refractivity contribution >= 4 is 32.3 Å². The van der Waals surface area contributed by atoms with Crippen LogP contribution in [0.5, 0.6) is 0 Å². The van der Waals surface area contributed by atoms with Crippen molar-refractivity contribution in [3.8, 4) is 44.5 Å². The van der Waals surface area contributed by atoms with Gasteiger partial charge in [-0.05, 0) is 117 Å². The molecule has 0 saturated heterocycles. The molecule has 0 aromatic heterocycles. The van der Waals surface area contributed by atoms with Crippen LogP contribution in [-0.2, 0) is 5.41 Å². The fourth-order valence-corrected chi connectivity index (χ4v) is 9.73. The lowest BCUT2D eigenvalue weighted by Crippen LogP contribution is -2.14. The molecule has 3 aliphatic rings. The molecular weight excluding hydrogens is 613 g/mol. The zero-order valence-corrected chi connectivity index (χ0v) is 28.8. The Kier molecular flexibility index (Phi) is 5.94. The highest BCUT2D eigenvalue weighted by Crippen LogP contribution is 2.52. The third-order valence-electron chi connectivity index (χ3n) is 12.2. The molecule has 0 fully saturated rings. The van der Waals surface area contributed by atoms with Crippen LogP contribution in [0.15, 0.2) is 170 Å². The van der Waals surface area contributed by atoms with Gasteiger partial charge in [-0.3, -0.25) is 0 Å². The van der Waals surface area contributed by atoms with Gasteiger partial charge in [0.2, 0.25) is 0 Å². The van der Waals surface area contributed by atoms with Crippen molar-refractivity contribution in [1.29, 1.82) is 0 Å². The number of benzene rings is 8. The number of rotatable bonds is 3. The Balaban J connectivity index is 0.983. The maximum Gasteiger partial charge on any atom is 0.0159 e. The number of fused-ring (bicyclic) bond motifs is 8. The predicted molar refractivity (Wildman–Crippen MR) is 217 cm³/mol. The summed E-state index contributed by atoms with van der Waals surface area (Å²) in [6.45, 7) is 4.72. The fourth-order valence-electron chi connectivity index (χ4n) is 9.73. The summed E-state index contributed by atoms with van der Waals surface area (Å²) in [5.41, 5.74) is 16.1. The Morgan fingerprint density at radius 3 is 1.61 bits per heavy atom. The monoisotopic (exact) mass is 648 g/mol. The van der Waals surface area contributed by atoms with Crippen molar-refractivity contribution < 1.29 is 0 Å². The third kappa shape index (κ3) is 4.08. The molecule has 2 atom stereocenters. The highest BCUT2D eigenvalue weighted by Gasteiger charge is 2.35. The second-order valence-corrected chi connectivity index (χ2v) is 15.2. The van der Waals surface area contributed by atoms with Crippen molar-refractivity contribution in [3.63, 3.8) is 0 Å². The smallest absolute Gasteiger partial charge is 0.0159 e. The lowest BCUT2D eigenvalue weighted by Gasteiger charge is -2.22. The van der Waals surface area contributed by atoms with Gasteiger partial charge in [0.15, 0.2) is 0 Å². The maximum absolute atomic E-state index is 2.44. The summed E-state index contributed by atoms with van der Waals surface area (Å²) in [5, 5.41) is 7.91. The van der Waals surface area contributed by atoms with Crippen LogP contribution in [0.1, 0.15) is 47.9 Å². The van der Waals surface area contributed by atoms with Gasteiger partial charge < -0.3 is 0 Å². The molecule has 11 rings (SSSR count). The molecule has 0 heterocycles. The first-order valence-corrected chi connectivity index (χ1v) is 18.3. The summed E-state index contributed by atoms with van der Waals surface area (Å²) in [4.78, 5) is 0. The van der Waals surface area contributed by atoms with Gasteiger partial charge in [-0.15, -0.1) is 0 Å². The highest BCUT2D eigenvalue weighted by atomic mass is 14.4. The largest absolute Gasteiger partial charge is 0.0761 e. The van der Waals surface area contributed by atoms with E-state index in [-0.39, 0.29) is 5.41 Å². The standard InChI is InChI=1S/C51H36/c1-51(2)48-17-8-7-14-43(48)44-23-22-35(30-49(44)51)37-25-24-36(39-10-3-4-11-40(37)39)33-20-18-32-29-34(21-19-31(32)28-33)38-26-27-47-42-13-6-5-12-41(42)46-16-9-15-45(38)50(46)47/h3-30,41-42H,1-2H3. The van der Waals surface area contributed by atoms with Crippen LogP contribution in [0.25, 0.3) is 76.8 Å². The van der Waals surface area contributed by atoms with Gasteiger partial charge in [0.25, 0.3) is 0 Å². The molecule has 0 nitrogen and oxygen atoms in total. The van der Waals surface area contributed by atoms with Crippen molar-refractivity contribution in [2.24, 2.45) is 0 Å². The first-order valence-electron chi connectivity index (χ1n) is 18.3. The topological polar surface area (TPSA) is 0 Å². The van der Waals surface area contributed by atoms with Gasteiger partial charge in [0, 0.05) is 17.3 Å². The summed E-state index contributed by atoms with van der Waals surface area (Å²) >= 11 is 0. The van der Waals surface area contributed by atoms with E-state index in [2.05, 4.69) is 184 Å². The first-order chi connectivity index (χ1) is 25.0. The molecule has 8 aromatic rings. The van der Waals surface area contributed by atoms with E-state index < -0.39 is 0 Å². The lowest BCUT2D eigenvalue weighted by atomic mass is 9.81. The minimum absolute atomic E-state index is 0.0232. The van der Waals surface area contributed by atoms with E-state index in [1.165, 1.54) is 99.1 Å². The molecule has 2 unspecified atom stereocenters. The van der Waals surface area contributed by atoms with E-state index >= 15 is 0 Å². The number of hydrogen-bond acceptors (Lipinski definition) is 0. The van der Waals surface area contributed by atoms with Crippen LogP contribution in [0.4, 0.5) is 0 Å². The molecular formula is C51H36. The van der Waals surface area contributed by atoms with E-state index in [1.54, 1.807) is 0 Å². The molecule has 0 amide bonds. The zero-order valence-electron chi connectivity index (χ0n) is 28.8. The van der Waals surface area contributed by atoms with Gasteiger partial charge >= 0.3 is 0 Å². The summed E-state index contributed by atoms with van der Waals surface area (Å²) in [5.74, 6) is 0.894. The molecule has 8 aromatic carbocycles. The Bertz CT molecular complexity index is 2820. The van der Waals surface area contributed by atoms with E-state index in [0.717, 1.165) is 0 Å². The molecule has 0 saturated carbocycles. The number of allylic oxidation sites excluding steroid dienone is 4. The summed E-state index contributed by atoms with van der Waals surface area (Å²) in [6.07, 6.45) is 9.15. The van der Waals surface area contributed by atoms with Crippen molar-refractivity contribution in [3.05, 3.63) is 192 Å². The molecule has 0 radical (unpaired) electrons. The van der Waals surface area contributed by atoms with Crippen LogP contribution >= 0.6 is 0 Å². The quantitative estimate of drug-likeness (QED) is 0.179. The van der Waals surface area contributed by atoms with E-state index in [9.17, 15) is 0 Å². The summed E-state index contributed by atoms with van der Waals surface area (Å²) < 4.78 is 0. The van der Waals surface area contributed by atoms with Crippen LogP contribution in [0.3, 0.4) is 0 Å². The van der Waals surface area contributed by atoms with Gasteiger partial charge in [-0.25, -0.2) is 0 Å². The molecule has 3 aliphatic carbocycles. The summed E-state index contributed by atoms with van der Waals surface area (Å²) in [6, 6.07) is 55.1. The third-order valence-corrected chi connectivity index (χ3v) is 12.2. The van der Waals surface area contributed by atoms with E-state index in [0.29, 0.717) is 11.8 Å². The molecule has 0 heteroatoms. The van der Waals surface area contributed by atoms with Gasteiger partial charge in [-0.1, -0.05) is 166 Å². The van der Waals surface area contributed by atoms with Gasteiger partial charge in [0.05, 0.1) is 0 Å². The highest BCUT2D eigenvalue weighted by molar-refractivity contribution is 6.07. The Morgan fingerprint density at radius 2 is 0.902 bits per heavy atom. The molecule has 0 bridgehead atoms. The van der Waals surface area contributed by atoms with Gasteiger partial charge in [0.1, 0.15) is 0 Å². The van der Waals surface area contributed by atoms with Crippen molar-refractivity contribution in [2.45, 2.75) is 31.1 Å². The van der Waals surface area contributed by atoms with Crippen LogP contribution in [-0.4, -0.2) is 0 Å².